The second-order valence-electron chi connectivity index (χ2n) is 8.22. The van der Waals surface area contributed by atoms with Crippen LogP contribution in [0.4, 0.5) is 5.69 Å². The van der Waals surface area contributed by atoms with E-state index in [2.05, 4.69) is 4.98 Å². The Balaban J connectivity index is 2.06. The summed E-state index contributed by atoms with van der Waals surface area (Å²) >= 11 is 0. The van der Waals surface area contributed by atoms with Crippen molar-refractivity contribution >= 4 is 34.4 Å². The van der Waals surface area contributed by atoms with Crippen LogP contribution in [-0.4, -0.2) is 52.8 Å². The van der Waals surface area contributed by atoms with Crippen LogP contribution in [0.5, 0.6) is 0 Å². The molecular formula is C21H24N2O7. The van der Waals surface area contributed by atoms with Gasteiger partial charge in [0, 0.05) is 41.5 Å². The first kappa shape index (κ1) is 21.5. The molecule has 0 radical (unpaired) electrons. The Morgan fingerprint density at radius 1 is 1.20 bits per heavy atom. The van der Waals surface area contributed by atoms with Crippen LogP contribution in [0.25, 0.3) is 10.9 Å². The van der Waals surface area contributed by atoms with E-state index in [4.69, 9.17) is 9.47 Å². The number of aliphatic carboxylic acids is 1. The highest BCUT2D eigenvalue weighted by Gasteiger charge is 2.63. The number of hydrogen-bond acceptors (Lipinski definition) is 6. The summed E-state index contributed by atoms with van der Waals surface area (Å²) in [6.45, 7) is 6.08. The number of amides is 1. The summed E-state index contributed by atoms with van der Waals surface area (Å²) < 4.78 is 10.9. The summed E-state index contributed by atoms with van der Waals surface area (Å²) in [5.41, 5.74) is -2.47. The van der Waals surface area contributed by atoms with Gasteiger partial charge in [0.15, 0.2) is 6.10 Å². The maximum Gasteiger partial charge on any atom is 0.352 e. The number of esters is 1. The molecule has 9 heteroatoms. The number of carboxylic acid groups (broad SMARTS) is 1. The molecule has 2 N–H and O–H groups in total. The number of aromatic amines is 1. The zero-order valence-electron chi connectivity index (χ0n) is 17.2. The summed E-state index contributed by atoms with van der Waals surface area (Å²) in [4.78, 5) is 53.1. The molecule has 1 fully saturated rings. The van der Waals surface area contributed by atoms with Crippen molar-refractivity contribution in [2.75, 3.05) is 18.1 Å². The molecule has 0 spiro atoms. The maximum atomic E-state index is 13.4. The fourth-order valence-electron chi connectivity index (χ4n) is 3.75. The first-order valence-electron chi connectivity index (χ1n) is 9.46. The van der Waals surface area contributed by atoms with Gasteiger partial charge in [-0.2, -0.15) is 0 Å². The van der Waals surface area contributed by atoms with Gasteiger partial charge < -0.3 is 24.5 Å². The summed E-state index contributed by atoms with van der Waals surface area (Å²) in [6.07, 6.45) is -1.53. The van der Waals surface area contributed by atoms with Gasteiger partial charge in [-0.05, 0) is 24.3 Å². The molecule has 0 saturated carbocycles. The number of nitrogens with one attached hydrogen (secondary N) is 1. The van der Waals surface area contributed by atoms with E-state index < -0.39 is 35.0 Å². The highest BCUT2D eigenvalue weighted by Crippen LogP contribution is 2.41. The fourth-order valence-corrected chi connectivity index (χ4v) is 3.75. The number of pyridine rings is 1. The van der Waals surface area contributed by atoms with Gasteiger partial charge in [-0.1, -0.05) is 20.8 Å². The summed E-state index contributed by atoms with van der Waals surface area (Å²) in [6, 6.07) is 8.06. The SMILES string of the molecule is CC(=O)O[C@@](C(=O)O)([C@H]1OCCN(c2ccc3[nH]c(=O)ccc3c2)C1=O)C(C)(C)C. The second-order valence-corrected chi connectivity index (χ2v) is 8.22. The van der Waals surface area contributed by atoms with Gasteiger partial charge >= 0.3 is 11.9 Å². The number of hydrogen-bond donors (Lipinski definition) is 2. The van der Waals surface area contributed by atoms with Crippen molar-refractivity contribution in [2.24, 2.45) is 5.41 Å². The van der Waals surface area contributed by atoms with Gasteiger partial charge in [0.05, 0.1) is 6.61 Å². The van der Waals surface area contributed by atoms with Crippen molar-refractivity contribution in [1.82, 2.24) is 4.98 Å². The molecule has 2 aromatic rings. The van der Waals surface area contributed by atoms with Crippen molar-refractivity contribution in [2.45, 2.75) is 39.4 Å². The van der Waals surface area contributed by atoms with Crippen LogP contribution < -0.4 is 10.5 Å². The van der Waals surface area contributed by atoms with Gasteiger partial charge in [-0.15, -0.1) is 0 Å². The Labute approximate surface area is 172 Å². The van der Waals surface area contributed by atoms with Crippen LogP contribution in [0.15, 0.2) is 35.1 Å². The molecule has 1 aromatic carbocycles. The van der Waals surface area contributed by atoms with Gasteiger partial charge in [0.25, 0.3) is 5.91 Å². The normalized spacial score (nSPS) is 19.4. The monoisotopic (exact) mass is 416 g/mol. The highest BCUT2D eigenvalue weighted by atomic mass is 16.6. The zero-order valence-corrected chi connectivity index (χ0v) is 17.2. The molecule has 1 aliphatic rings. The van der Waals surface area contributed by atoms with Gasteiger partial charge in [-0.3, -0.25) is 14.4 Å². The lowest BCUT2D eigenvalue weighted by Crippen LogP contribution is -2.68. The molecule has 3 rings (SSSR count). The first-order valence-corrected chi connectivity index (χ1v) is 9.46. The summed E-state index contributed by atoms with van der Waals surface area (Å²) in [5.74, 6) is -2.90. The zero-order chi connectivity index (χ0) is 22.3. The number of carboxylic acids is 1. The number of rotatable bonds is 4. The van der Waals surface area contributed by atoms with Crippen molar-refractivity contribution in [3.63, 3.8) is 0 Å². The Morgan fingerprint density at radius 3 is 2.50 bits per heavy atom. The number of ether oxygens (including phenoxy) is 2. The standard InChI is InChI=1S/C21H24N2O7/c1-12(24)30-21(19(27)28,20(2,3)4)17-18(26)23(9-10-29-17)14-6-7-15-13(11-14)5-8-16(25)22-15/h5-8,11,17H,9-10H2,1-4H3,(H,22,25)(H,27,28)/t17-,21+/m0/s1. The van der Waals surface area contributed by atoms with E-state index in [9.17, 15) is 24.3 Å². The van der Waals surface area contributed by atoms with Crippen LogP contribution in [0.3, 0.4) is 0 Å². The Hall–Kier alpha value is -3.20. The average molecular weight is 416 g/mol. The number of carbonyl (C=O) groups excluding carboxylic acids is 2. The quantitative estimate of drug-likeness (QED) is 0.727. The molecule has 9 nitrogen and oxygen atoms in total. The number of nitrogens with zero attached hydrogens (tertiary/aromatic N) is 1. The van der Waals surface area contributed by atoms with E-state index >= 15 is 0 Å². The van der Waals surface area contributed by atoms with Crippen LogP contribution >= 0.6 is 0 Å². The van der Waals surface area contributed by atoms with E-state index in [0.29, 0.717) is 16.6 Å². The van der Waals surface area contributed by atoms with E-state index in [0.717, 1.165) is 6.92 Å². The van der Waals surface area contributed by atoms with Gasteiger partial charge in [-0.25, -0.2) is 4.79 Å². The fraction of sp³-hybridized carbons (Fsp3) is 0.429. The molecular weight excluding hydrogens is 392 g/mol. The molecule has 30 heavy (non-hydrogen) atoms. The lowest BCUT2D eigenvalue weighted by molar-refractivity contribution is -0.218. The van der Waals surface area contributed by atoms with Gasteiger partial charge in [0.2, 0.25) is 11.2 Å². The average Bonchev–Trinajstić information content (AvgIpc) is 2.64. The minimum atomic E-state index is -2.21. The molecule has 1 aromatic heterocycles. The number of benzene rings is 1. The summed E-state index contributed by atoms with van der Waals surface area (Å²) in [5, 5.41) is 10.8. The van der Waals surface area contributed by atoms with E-state index in [1.807, 2.05) is 0 Å². The van der Waals surface area contributed by atoms with Crippen LogP contribution in [0, 0.1) is 5.41 Å². The van der Waals surface area contributed by atoms with E-state index in [-0.39, 0.29) is 18.7 Å². The van der Waals surface area contributed by atoms with Crippen LogP contribution in [-0.2, 0) is 23.9 Å². The lowest BCUT2D eigenvalue weighted by Gasteiger charge is -2.46. The second kappa shape index (κ2) is 7.56. The topological polar surface area (TPSA) is 126 Å². The molecule has 0 aliphatic carbocycles. The Morgan fingerprint density at radius 2 is 1.90 bits per heavy atom. The summed E-state index contributed by atoms with van der Waals surface area (Å²) in [7, 11) is 0. The molecule has 0 bridgehead atoms. The third-order valence-corrected chi connectivity index (χ3v) is 5.21. The molecule has 160 valence electrons. The molecule has 1 saturated heterocycles. The van der Waals surface area contributed by atoms with Crippen LogP contribution in [0.1, 0.15) is 27.7 Å². The first-order chi connectivity index (χ1) is 14.0. The lowest BCUT2D eigenvalue weighted by atomic mass is 9.71. The largest absolute Gasteiger partial charge is 0.478 e. The third-order valence-electron chi connectivity index (χ3n) is 5.21. The third kappa shape index (κ3) is 3.56. The number of aromatic nitrogens is 1. The molecule has 1 aliphatic heterocycles. The predicted molar refractivity (Wildman–Crippen MR) is 108 cm³/mol. The highest BCUT2D eigenvalue weighted by molar-refractivity contribution is 6.03. The molecule has 2 heterocycles. The number of H-pyrrole nitrogens is 1. The maximum absolute atomic E-state index is 13.4. The van der Waals surface area contributed by atoms with Crippen molar-refractivity contribution in [3.8, 4) is 0 Å². The molecule has 1 amide bonds. The number of morpholine rings is 1. The smallest absolute Gasteiger partial charge is 0.352 e. The van der Waals surface area contributed by atoms with Crippen molar-refractivity contribution in [1.29, 1.82) is 0 Å². The predicted octanol–water partition coefficient (Wildman–Crippen LogP) is 1.69. The Kier molecular flexibility index (Phi) is 5.42. The van der Waals surface area contributed by atoms with Crippen molar-refractivity contribution in [3.05, 3.63) is 40.7 Å². The number of fused-ring (bicyclic) bond motifs is 1. The van der Waals surface area contributed by atoms with E-state index in [1.54, 1.807) is 45.0 Å². The minimum absolute atomic E-state index is 0.0619. The number of carbonyl (C=O) groups is 3. The van der Waals surface area contributed by atoms with E-state index in [1.165, 1.54) is 11.0 Å². The Bertz CT molecular complexity index is 1070. The molecule has 2 atom stereocenters. The van der Waals surface area contributed by atoms with Crippen molar-refractivity contribution < 1.29 is 29.0 Å². The minimum Gasteiger partial charge on any atom is -0.478 e. The number of anilines is 1. The van der Waals surface area contributed by atoms with Gasteiger partial charge in [0.1, 0.15) is 0 Å². The molecule has 0 unspecified atom stereocenters. The van der Waals surface area contributed by atoms with Crippen LogP contribution in [0.2, 0.25) is 0 Å².